The number of hydrogen-bond acceptors (Lipinski definition) is 2. The van der Waals surface area contributed by atoms with E-state index in [0.717, 1.165) is 18.7 Å². The Morgan fingerprint density at radius 2 is 1.76 bits per heavy atom. The monoisotopic (exact) mass is 233 g/mol. The third kappa shape index (κ3) is 3.63. The minimum atomic E-state index is -0.877. The van der Waals surface area contributed by atoms with Crippen LogP contribution in [0.15, 0.2) is 29.8 Å². The number of carbonyl (C=O) groups is 1. The lowest BCUT2D eigenvalue weighted by Crippen LogP contribution is -2.21. The summed E-state index contributed by atoms with van der Waals surface area (Å²) in [5.74, 6) is -0.877. The van der Waals surface area contributed by atoms with Crippen molar-refractivity contribution in [3.8, 4) is 0 Å². The van der Waals surface area contributed by atoms with Crippen molar-refractivity contribution < 1.29 is 9.90 Å². The number of anilines is 1. The van der Waals surface area contributed by atoms with E-state index in [9.17, 15) is 4.79 Å². The van der Waals surface area contributed by atoms with Crippen LogP contribution in [0, 0.1) is 0 Å². The van der Waals surface area contributed by atoms with Crippen molar-refractivity contribution in [1.29, 1.82) is 0 Å². The van der Waals surface area contributed by atoms with Crippen LogP contribution in [0.2, 0.25) is 0 Å². The normalized spacial score (nSPS) is 11.4. The highest BCUT2D eigenvalue weighted by atomic mass is 16.4. The molecule has 17 heavy (non-hydrogen) atoms. The first kappa shape index (κ1) is 13.3. The minimum Gasteiger partial charge on any atom is -0.478 e. The molecule has 1 aromatic carbocycles. The molecule has 0 atom stereocenters. The van der Waals surface area contributed by atoms with Crippen LogP contribution >= 0.6 is 0 Å². The summed E-state index contributed by atoms with van der Waals surface area (Å²) in [5, 5.41) is 8.79. The van der Waals surface area contributed by atoms with Gasteiger partial charge in [0.05, 0.1) is 0 Å². The Hall–Kier alpha value is -1.77. The van der Waals surface area contributed by atoms with E-state index < -0.39 is 5.97 Å². The van der Waals surface area contributed by atoms with Gasteiger partial charge < -0.3 is 10.0 Å². The summed E-state index contributed by atoms with van der Waals surface area (Å²) in [5.41, 5.74) is 2.43. The van der Waals surface area contributed by atoms with Crippen LogP contribution in [0.25, 0.3) is 6.08 Å². The first-order valence-electron chi connectivity index (χ1n) is 5.85. The van der Waals surface area contributed by atoms with Crippen molar-refractivity contribution in [2.24, 2.45) is 0 Å². The van der Waals surface area contributed by atoms with E-state index >= 15 is 0 Å². The van der Waals surface area contributed by atoms with Crippen molar-refractivity contribution in [3.05, 3.63) is 35.4 Å². The fourth-order valence-corrected chi connectivity index (χ4v) is 1.68. The molecule has 0 fully saturated rings. The molecule has 0 heterocycles. The second-order valence-electron chi connectivity index (χ2n) is 3.90. The van der Waals surface area contributed by atoms with Crippen molar-refractivity contribution >= 4 is 17.7 Å². The van der Waals surface area contributed by atoms with E-state index in [1.165, 1.54) is 5.69 Å². The number of aliphatic carboxylic acids is 1. The summed E-state index contributed by atoms with van der Waals surface area (Å²) in [6, 6.07) is 7.93. The lowest BCUT2D eigenvalue weighted by Gasteiger charge is -2.20. The molecule has 0 radical (unpaired) electrons. The highest BCUT2D eigenvalue weighted by Gasteiger charge is 2.02. The summed E-state index contributed by atoms with van der Waals surface area (Å²) < 4.78 is 0. The Balaban J connectivity index is 2.88. The average molecular weight is 233 g/mol. The van der Waals surface area contributed by atoms with Crippen LogP contribution in [-0.2, 0) is 4.79 Å². The first-order chi connectivity index (χ1) is 8.08. The van der Waals surface area contributed by atoms with Gasteiger partial charge in [0, 0.05) is 24.4 Å². The molecular weight excluding hydrogens is 214 g/mol. The van der Waals surface area contributed by atoms with Crippen LogP contribution in [0.4, 0.5) is 5.69 Å². The third-order valence-electron chi connectivity index (χ3n) is 2.74. The molecule has 3 heteroatoms. The molecule has 0 aliphatic carbocycles. The average Bonchev–Trinajstić information content (AvgIpc) is 2.32. The molecule has 0 saturated carbocycles. The third-order valence-corrected chi connectivity index (χ3v) is 2.74. The lowest BCUT2D eigenvalue weighted by atomic mass is 10.1. The molecule has 1 aromatic rings. The SMILES string of the molecule is CCN(CC)c1ccc(C=C(C)C(=O)O)cc1. The van der Waals surface area contributed by atoms with E-state index in [2.05, 4.69) is 18.7 Å². The predicted octanol–water partition coefficient (Wildman–Crippen LogP) is 3.02. The first-order valence-corrected chi connectivity index (χ1v) is 5.85. The van der Waals surface area contributed by atoms with Crippen molar-refractivity contribution in [3.63, 3.8) is 0 Å². The van der Waals surface area contributed by atoms with Crippen LogP contribution < -0.4 is 4.90 Å². The molecule has 0 spiro atoms. The fraction of sp³-hybridized carbons (Fsp3) is 0.357. The van der Waals surface area contributed by atoms with Gasteiger partial charge in [0.15, 0.2) is 0 Å². The number of nitrogens with zero attached hydrogens (tertiary/aromatic N) is 1. The largest absolute Gasteiger partial charge is 0.478 e. The van der Waals surface area contributed by atoms with Crippen LogP contribution in [0.1, 0.15) is 26.3 Å². The highest BCUT2D eigenvalue weighted by molar-refractivity contribution is 5.91. The topological polar surface area (TPSA) is 40.5 Å². The number of benzene rings is 1. The van der Waals surface area contributed by atoms with Crippen LogP contribution in [0.3, 0.4) is 0 Å². The molecule has 0 aliphatic heterocycles. The van der Waals surface area contributed by atoms with Crippen molar-refractivity contribution in [1.82, 2.24) is 0 Å². The van der Waals surface area contributed by atoms with Gasteiger partial charge in [-0.25, -0.2) is 4.79 Å². The summed E-state index contributed by atoms with van der Waals surface area (Å²) in [6.07, 6.45) is 1.67. The van der Waals surface area contributed by atoms with Gasteiger partial charge in [0.25, 0.3) is 0 Å². The Morgan fingerprint density at radius 3 is 2.18 bits per heavy atom. The Bertz CT molecular complexity index is 403. The van der Waals surface area contributed by atoms with Gasteiger partial charge >= 0.3 is 5.97 Å². The second kappa shape index (κ2) is 6.09. The van der Waals surface area contributed by atoms with Gasteiger partial charge in [-0.05, 0) is 44.5 Å². The zero-order valence-corrected chi connectivity index (χ0v) is 10.6. The van der Waals surface area contributed by atoms with Gasteiger partial charge in [-0.15, -0.1) is 0 Å². The van der Waals surface area contributed by atoms with Gasteiger partial charge in [-0.3, -0.25) is 0 Å². The maximum absolute atomic E-state index is 10.7. The Kier molecular flexibility index (Phi) is 4.76. The molecule has 0 aliphatic rings. The summed E-state index contributed by atoms with van der Waals surface area (Å²) >= 11 is 0. The summed E-state index contributed by atoms with van der Waals surface area (Å²) in [4.78, 5) is 12.9. The zero-order valence-electron chi connectivity index (χ0n) is 10.6. The molecule has 3 nitrogen and oxygen atoms in total. The van der Waals surface area contributed by atoms with E-state index in [0.29, 0.717) is 5.57 Å². The minimum absolute atomic E-state index is 0.348. The van der Waals surface area contributed by atoms with Gasteiger partial charge in [0.1, 0.15) is 0 Å². The van der Waals surface area contributed by atoms with Gasteiger partial charge in [0.2, 0.25) is 0 Å². The molecular formula is C14H19NO2. The molecule has 0 saturated heterocycles. The van der Waals surface area contributed by atoms with E-state index in [1.54, 1.807) is 13.0 Å². The Labute approximate surface area is 102 Å². The smallest absolute Gasteiger partial charge is 0.331 e. The lowest BCUT2D eigenvalue weighted by molar-refractivity contribution is -0.132. The molecule has 1 rings (SSSR count). The zero-order chi connectivity index (χ0) is 12.8. The second-order valence-corrected chi connectivity index (χ2v) is 3.90. The highest BCUT2D eigenvalue weighted by Crippen LogP contribution is 2.16. The molecule has 0 amide bonds. The number of carboxylic acid groups (broad SMARTS) is 1. The molecule has 0 bridgehead atoms. The summed E-state index contributed by atoms with van der Waals surface area (Å²) in [6.45, 7) is 7.78. The fourth-order valence-electron chi connectivity index (χ4n) is 1.68. The molecule has 1 N–H and O–H groups in total. The summed E-state index contributed by atoms with van der Waals surface area (Å²) in [7, 11) is 0. The standard InChI is InChI=1S/C14H19NO2/c1-4-15(5-2)13-8-6-12(7-9-13)10-11(3)14(16)17/h6-10H,4-5H2,1-3H3,(H,16,17). The molecule has 92 valence electrons. The van der Waals surface area contributed by atoms with E-state index in [4.69, 9.17) is 5.11 Å². The predicted molar refractivity (Wildman–Crippen MR) is 71.3 cm³/mol. The maximum Gasteiger partial charge on any atom is 0.331 e. The molecule has 0 unspecified atom stereocenters. The number of carboxylic acids is 1. The number of rotatable bonds is 5. The molecule has 0 aromatic heterocycles. The van der Waals surface area contributed by atoms with E-state index in [-0.39, 0.29) is 0 Å². The van der Waals surface area contributed by atoms with Crippen LogP contribution in [0.5, 0.6) is 0 Å². The van der Waals surface area contributed by atoms with Crippen molar-refractivity contribution in [2.75, 3.05) is 18.0 Å². The quantitative estimate of drug-likeness (QED) is 0.795. The van der Waals surface area contributed by atoms with Gasteiger partial charge in [-0.2, -0.15) is 0 Å². The maximum atomic E-state index is 10.7. The Morgan fingerprint density at radius 1 is 1.24 bits per heavy atom. The van der Waals surface area contributed by atoms with Crippen LogP contribution in [-0.4, -0.2) is 24.2 Å². The van der Waals surface area contributed by atoms with Crippen molar-refractivity contribution in [2.45, 2.75) is 20.8 Å². The number of hydrogen-bond donors (Lipinski definition) is 1. The van der Waals surface area contributed by atoms with Gasteiger partial charge in [-0.1, -0.05) is 12.1 Å². The van der Waals surface area contributed by atoms with E-state index in [1.807, 2.05) is 24.3 Å².